The zero-order valence-electron chi connectivity index (χ0n) is 19.5. The van der Waals surface area contributed by atoms with Gasteiger partial charge >= 0.3 is 5.97 Å². The Bertz CT molecular complexity index is 719. The van der Waals surface area contributed by atoms with Crippen molar-refractivity contribution in [3.63, 3.8) is 0 Å². The number of likely N-dealkylation sites (tertiary alicyclic amines) is 1. The van der Waals surface area contributed by atoms with Gasteiger partial charge in [-0.1, -0.05) is 13.8 Å². The summed E-state index contributed by atoms with van der Waals surface area (Å²) in [7, 11) is 0. The molecule has 0 bridgehead atoms. The van der Waals surface area contributed by atoms with Gasteiger partial charge in [0.25, 0.3) is 0 Å². The Morgan fingerprint density at radius 3 is 2.27 bits per heavy atom. The zero-order chi connectivity index (χ0) is 25.1. The highest BCUT2D eigenvalue weighted by molar-refractivity contribution is 7.98. The second-order valence-electron chi connectivity index (χ2n) is 8.67. The van der Waals surface area contributed by atoms with Crippen molar-refractivity contribution in [3.05, 3.63) is 0 Å². The molecule has 0 spiro atoms. The molecule has 1 rings (SSSR count). The molecule has 1 saturated heterocycles. The summed E-state index contributed by atoms with van der Waals surface area (Å²) in [5, 5.41) is 14.7. The third-order valence-corrected chi connectivity index (χ3v) is 6.07. The largest absolute Gasteiger partial charge is 0.480 e. The average molecular weight is 488 g/mol. The molecule has 1 heterocycles. The van der Waals surface area contributed by atoms with Gasteiger partial charge in [-0.25, -0.2) is 4.79 Å². The molecule has 12 heteroatoms. The van der Waals surface area contributed by atoms with Gasteiger partial charge in [-0.2, -0.15) is 11.8 Å². The quantitative estimate of drug-likeness (QED) is 0.215. The Hall–Kier alpha value is -2.34. The molecular formula is C21H37N5O6S. The van der Waals surface area contributed by atoms with E-state index in [9.17, 15) is 29.1 Å². The summed E-state index contributed by atoms with van der Waals surface area (Å²) in [4.78, 5) is 62.7. The highest BCUT2D eigenvalue weighted by atomic mass is 32.2. The number of nitrogens with two attached hydrogens (primary N) is 2. The van der Waals surface area contributed by atoms with Crippen LogP contribution >= 0.6 is 11.8 Å². The van der Waals surface area contributed by atoms with Gasteiger partial charge < -0.3 is 32.1 Å². The molecule has 1 fully saturated rings. The van der Waals surface area contributed by atoms with E-state index >= 15 is 0 Å². The molecule has 0 radical (unpaired) electrons. The highest BCUT2D eigenvalue weighted by Gasteiger charge is 2.38. The Balaban J connectivity index is 2.99. The van der Waals surface area contributed by atoms with Crippen LogP contribution in [0.25, 0.3) is 0 Å². The number of nitrogens with one attached hydrogen (secondary N) is 2. The summed E-state index contributed by atoms with van der Waals surface area (Å²) in [6.45, 7) is 4.02. The van der Waals surface area contributed by atoms with E-state index in [-0.39, 0.29) is 25.3 Å². The minimum Gasteiger partial charge on any atom is -0.480 e. The van der Waals surface area contributed by atoms with Gasteiger partial charge in [0.15, 0.2) is 0 Å². The molecule has 1 aliphatic heterocycles. The number of thioether (sulfide) groups is 1. The standard InChI is InChI=1S/C21H37N5O6S/c1-12(2)11-15(25-18(28)13(22)8-10-33-3)19(29)24-14(6-7-17(23)27)20(30)26-9-4-5-16(26)21(31)32/h12-16H,4-11,22H2,1-3H3,(H2,23,27)(H,24,29)(H,25,28)(H,31,32)/t13-,14-,15-,16-/m0/s1. The Labute approximate surface area is 198 Å². The average Bonchev–Trinajstić information content (AvgIpc) is 3.23. The second kappa shape index (κ2) is 14.0. The Kier molecular flexibility index (Phi) is 12.2. The molecular weight excluding hydrogens is 450 g/mol. The first kappa shape index (κ1) is 28.7. The fourth-order valence-electron chi connectivity index (χ4n) is 3.66. The number of carbonyl (C=O) groups excluding carboxylic acids is 4. The van der Waals surface area contributed by atoms with Gasteiger partial charge in [-0.3, -0.25) is 19.2 Å². The van der Waals surface area contributed by atoms with Crippen LogP contribution in [0.4, 0.5) is 0 Å². The van der Waals surface area contributed by atoms with E-state index in [1.165, 1.54) is 4.90 Å². The number of nitrogens with zero attached hydrogens (tertiary/aromatic N) is 1. The predicted molar refractivity (Wildman–Crippen MR) is 125 cm³/mol. The molecule has 0 aromatic carbocycles. The van der Waals surface area contributed by atoms with Crippen LogP contribution in [0.5, 0.6) is 0 Å². The van der Waals surface area contributed by atoms with Crippen LogP contribution in [0, 0.1) is 5.92 Å². The highest BCUT2D eigenvalue weighted by Crippen LogP contribution is 2.20. The number of aliphatic carboxylic acids is 1. The molecule has 0 unspecified atom stereocenters. The third-order valence-electron chi connectivity index (χ3n) is 5.42. The van der Waals surface area contributed by atoms with E-state index in [4.69, 9.17) is 11.5 Å². The number of carboxylic acid groups (broad SMARTS) is 1. The minimum absolute atomic E-state index is 0.0539. The first-order valence-corrected chi connectivity index (χ1v) is 12.5. The molecule has 4 amide bonds. The summed E-state index contributed by atoms with van der Waals surface area (Å²) in [5.41, 5.74) is 11.1. The monoisotopic (exact) mass is 487 g/mol. The summed E-state index contributed by atoms with van der Waals surface area (Å²) in [6, 6.07) is -3.82. The number of rotatable bonds is 14. The topological polar surface area (TPSA) is 185 Å². The molecule has 4 atom stereocenters. The SMILES string of the molecule is CSCC[C@H](N)C(=O)N[C@@H](CC(C)C)C(=O)N[C@@H](CCC(N)=O)C(=O)N1CCC[C@H]1C(=O)O. The van der Waals surface area contributed by atoms with Crippen LogP contribution in [-0.4, -0.2) is 82.3 Å². The van der Waals surface area contributed by atoms with E-state index in [1.807, 2.05) is 20.1 Å². The van der Waals surface area contributed by atoms with Gasteiger partial charge in [-0.15, -0.1) is 0 Å². The number of hydrogen-bond donors (Lipinski definition) is 5. The van der Waals surface area contributed by atoms with Crippen molar-refractivity contribution in [1.82, 2.24) is 15.5 Å². The van der Waals surface area contributed by atoms with Gasteiger partial charge in [0.05, 0.1) is 6.04 Å². The Morgan fingerprint density at radius 1 is 1.09 bits per heavy atom. The fourth-order valence-corrected chi connectivity index (χ4v) is 4.15. The lowest BCUT2D eigenvalue weighted by Crippen LogP contribution is -2.57. The lowest BCUT2D eigenvalue weighted by molar-refractivity contribution is -0.149. The first-order valence-electron chi connectivity index (χ1n) is 11.1. The van der Waals surface area contributed by atoms with E-state index in [2.05, 4.69) is 10.6 Å². The molecule has 7 N–H and O–H groups in total. The first-order chi connectivity index (χ1) is 15.5. The summed E-state index contributed by atoms with van der Waals surface area (Å²) < 4.78 is 0. The van der Waals surface area contributed by atoms with Crippen molar-refractivity contribution >= 4 is 41.4 Å². The maximum absolute atomic E-state index is 13.1. The Morgan fingerprint density at radius 2 is 1.73 bits per heavy atom. The van der Waals surface area contributed by atoms with Crippen LogP contribution < -0.4 is 22.1 Å². The smallest absolute Gasteiger partial charge is 0.326 e. The number of amides is 4. The molecule has 0 aromatic rings. The fraction of sp³-hybridized carbons (Fsp3) is 0.762. The lowest BCUT2D eigenvalue weighted by atomic mass is 10.0. The summed E-state index contributed by atoms with van der Waals surface area (Å²) in [6.07, 6.45) is 3.27. The van der Waals surface area contributed by atoms with Crippen LogP contribution in [0.3, 0.4) is 0 Å². The van der Waals surface area contributed by atoms with Crippen LogP contribution in [0.1, 0.15) is 52.4 Å². The van der Waals surface area contributed by atoms with Crippen molar-refractivity contribution in [2.24, 2.45) is 17.4 Å². The molecule has 0 aromatic heterocycles. The molecule has 33 heavy (non-hydrogen) atoms. The van der Waals surface area contributed by atoms with Gasteiger partial charge in [-0.05, 0) is 50.0 Å². The number of carbonyl (C=O) groups is 5. The maximum Gasteiger partial charge on any atom is 0.326 e. The summed E-state index contributed by atoms with van der Waals surface area (Å²) >= 11 is 1.56. The number of primary amides is 1. The number of hydrogen-bond acceptors (Lipinski definition) is 7. The van der Waals surface area contributed by atoms with E-state index in [0.29, 0.717) is 31.4 Å². The normalized spacial score (nSPS) is 18.5. The van der Waals surface area contributed by atoms with Gasteiger partial charge in [0.2, 0.25) is 23.6 Å². The van der Waals surface area contributed by atoms with Gasteiger partial charge in [0, 0.05) is 13.0 Å². The minimum atomic E-state index is -1.14. The van der Waals surface area contributed by atoms with Crippen molar-refractivity contribution in [2.45, 2.75) is 76.5 Å². The lowest BCUT2D eigenvalue weighted by Gasteiger charge is -2.29. The molecule has 0 aliphatic carbocycles. The van der Waals surface area contributed by atoms with E-state index < -0.39 is 53.8 Å². The number of carboxylic acids is 1. The van der Waals surface area contributed by atoms with Gasteiger partial charge in [0.1, 0.15) is 18.1 Å². The molecule has 188 valence electrons. The molecule has 0 saturated carbocycles. The molecule has 11 nitrogen and oxygen atoms in total. The second-order valence-corrected chi connectivity index (χ2v) is 9.66. The zero-order valence-corrected chi connectivity index (χ0v) is 20.4. The van der Waals surface area contributed by atoms with E-state index in [1.54, 1.807) is 11.8 Å². The maximum atomic E-state index is 13.1. The van der Waals surface area contributed by atoms with Crippen molar-refractivity contribution < 1.29 is 29.1 Å². The van der Waals surface area contributed by atoms with Crippen molar-refractivity contribution in [3.8, 4) is 0 Å². The van der Waals surface area contributed by atoms with Crippen LogP contribution in [0.2, 0.25) is 0 Å². The van der Waals surface area contributed by atoms with Crippen molar-refractivity contribution in [1.29, 1.82) is 0 Å². The molecule has 1 aliphatic rings. The third kappa shape index (κ3) is 9.58. The predicted octanol–water partition coefficient (Wildman–Crippen LogP) is -0.576. The summed E-state index contributed by atoms with van der Waals surface area (Å²) in [5.74, 6) is -2.66. The van der Waals surface area contributed by atoms with Crippen molar-refractivity contribution in [2.75, 3.05) is 18.6 Å². The van der Waals surface area contributed by atoms with Crippen LogP contribution in [0.15, 0.2) is 0 Å². The van der Waals surface area contributed by atoms with E-state index in [0.717, 1.165) is 0 Å². The van der Waals surface area contributed by atoms with Crippen LogP contribution in [-0.2, 0) is 24.0 Å².